The fourth-order valence-corrected chi connectivity index (χ4v) is 2.85. The maximum Gasteiger partial charge on any atom is 0.255 e. The van der Waals surface area contributed by atoms with Crippen LogP contribution in [0.2, 0.25) is 5.02 Å². The monoisotopic (exact) mass is 391 g/mol. The molecule has 0 saturated heterocycles. The number of pyridine rings is 1. The van der Waals surface area contributed by atoms with Crippen molar-refractivity contribution in [3.8, 4) is 0 Å². The minimum absolute atomic E-state index is 0.234. The number of halogens is 3. The Morgan fingerprint density at radius 1 is 1.41 bits per heavy atom. The molecule has 0 saturated carbocycles. The molecule has 0 aliphatic rings. The average molecular weight is 392 g/mol. The van der Waals surface area contributed by atoms with Gasteiger partial charge in [0.05, 0.1) is 17.9 Å². The quantitative estimate of drug-likeness (QED) is 0.397. The van der Waals surface area contributed by atoms with Crippen LogP contribution in [-0.4, -0.2) is 41.6 Å². The van der Waals surface area contributed by atoms with E-state index in [4.69, 9.17) is 11.6 Å². The highest BCUT2D eigenvalue weighted by Gasteiger charge is 2.18. The van der Waals surface area contributed by atoms with E-state index in [2.05, 4.69) is 15.3 Å². The van der Waals surface area contributed by atoms with Gasteiger partial charge in [0.15, 0.2) is 0 Å². The van der Waals surface area contributed by atoms with Crippen LogP contribution in [0.4, 0.5) is 20.2 Å². The highest BCUT2D eigenvalue weighted by Crippen LogP contribution is 2.30. The summed E-state index contributed by atoms with van der Waals surface area (Å²) in [6.07, 6.45) is 3.22. The van der Waals surface area contributed by atoms with Gasteiger partial charge in [-0.15, -0.1) is 0 Å². The van der Waals surface area contributed by atoms with Crippen LogP contribution in [0.1, 0.15) is 5.56 Å². The number of alkyl halides is 2. The van der Waals surface area contributed by atoms with Gasteiger partial charge in [-0.2, -0.15) is 0 Å². The van der Waals surface area contributed by atoms with Gasteiger partial charge in [-0.1, -0.05) is 11.6 Å². The number of aromatic nitrogens is 2. The number of nitrogens with one attached hydrogen (secondary N) is 1. The lowest BCUT2D eigenvalue weighted by Gasteiger charge is -2.22. The second kappa shape index (κ2) is 8.13. The molecule has 1 N–H and O–H groups in total. The molecule has 6 nitrogen and oxygen atoms in total. The third-order valence-electron chi connectivity index (χ3n) is 3.88. The van der Waals surface area contributed by atoms with Gasteiger partial charge < -0.3 is 9.72 Å². The largest absolute Gasteiger partial charge is 0.364 e. The molecule has 3 rings (SSSR count). The number of imidazole rings is 1. The Balaban J connectivity index is 2.07. The van der Waals surface area contributed by atoms with E-state index in [-0.39, 0.29) is 5.84 Å². The first-order valence-electron chi connectivity index (χ1n) is 7.99. The average Bonchev–Trinajstić information content (AvgIpc) is 3.12. The second-order valence-electron chi connectivity index (χ2n) is 5.56. The van der Waals surface area contributed by atoms with Crippen molar-refractivity contribution >= 4 is 40.9 Å². The van der Waals surface area contributed by atoms with Crippen molar-refractivity contribution in [1.29, 1.82) is 0 Å². The van der Waals surface area contributed by atoms with Crippen LogP contribution >= 0.6 is 11.6 Å². The molecule has 0 radical (unpaired) electrons. The zero-order chi connectivity index (χ0) is 19.4. The number of amidine groups is 1. The molecule has 0 spiro atoms. The molecule has 3 aromatic rings. The predicted molar refractivity (Wildman–Crippen MR) is 101 cm³/mol. The number of anilines is 2. The van der Waals surface area contributed by atoms with Gasteiger partial charge in [0.2, 0.25) is 6.41 Å². The lowest BCUT2D eigenvalue weighted by molar-refractivity contribution is -0.106. The Bertz CT molecular complexity index is 989. The topological polar surface area (TPSA) is 62.0 Å². The summed E-state index contributed by atoms with van der Waals surface area (Å²) < 4.78 is 27.0. The summed E-state index contributed by atoms with van der Waals surface area (Å²) >= 11 is 6.12. The van der Waals surface area contributed by atoms with Crippen LogP contribution in [0.3, 0.4) is 0 Å². The van der Waals surface area contributed by atoms with Gasteiger partial charge in [0.1, 0.15) is 11.5 Å². The number of hydrogen-bond donors (Lipinski definition) is 1. The first-order valence-corrected chi connectivity index (χ1v) is 8.37. The predicted octanol–water partition coefficient (Wildman–Crippen LogP) is 3.51. The van der Waals surface area contributed by atoms with E-state index >= 15 is 0 Å². The highest BCUT2D eigenvalue weighted by atomic mass is 35.5. The number of amides is 1. The van der Waals surface area contributed by atoms with E-state index in [0.717, 1.165) is 5.65 Å². The molecule has 0 aliphatic carbocycles. The number of benzene rings is 1. The number of aliphatic imine (C=N–C) groups is 1. The van der Waals surface area contributed by atoms with Crippen molar-refractivity contribution in [3.63, 3.8) is 0 Å². The Kier molecular flexibility index (Phi) is 5.66. The van der Waals surface area contributed by atoms with Gasteiger partial charge in [-0.3, -0.25) is 14.7 Å². The zero-order valence-corrected chi connectivity index (χ0v) is 15.1. The first-order chi connectivity index (χ1) is 13.0. The van der Waals surface area contributed by atoms with Gasteiger partial charge in [-0.25, -0.2) is 13.8 Å². The van der Waals surface area contributed by atoms with Crippen LogP contribution in [0.15, 0.2) is 53.9 Å². The van der Waals surface area contributed by atoms with Crippen LogP contribution < -0.4 is 10.2 Å². The lowest BCUT2D eigenvalue weighted by Crippen LogP contribution is -2.31. The zero-order valence-electron chi connectivity index (χ0n) is 14.3. The van der Waals surface area contributed by atoms with Crippen LogP contribution in [0, 0.1) is 0 Å². The van der Waals surface area contributed by atoms with Gasteiger partial charge in [-0.05, 0) is 30.3 Å². The summed E-state index contributed by atoms with van der Waals surface area (Å²) in [5.74, 6) is 0.234. The summed E-state index contributed by atoms with van der Waals surface area (Å²) in [5.41, 5.74) is 2.17. The number of carbonyl (C=O) groups excluding carboxylic acids is 1. The van der Waals surface area contributed by atoms with Crippen LogP contribution in [-0.2, 0) is 4.79 Å². The number of carbonyl (C=O) groups is 1. The second-order valence-corrected chi connectivity index (χ2v) is 6.00. The molecule has 0 atom stereocenters. The van der Waals surface area contributed by atoms with Crippen LogP contribution in [0.25, 0.3) is 5.65 Å². The van der Waals surface area contributed by atoms with E-state index in [1.807, 2.05) is 0 Å². The van der Waals surface area contributed by atoms with Crippen molar-refractivity contribution in [2.24, 2.45) is 4.99 Å². The van der Waals surface area contributed by atoms with Crippen molar-refractivity contribution in [3.05, 3.63) is 59.5 Å². The molecule has 0 unspecified atom stereocenters. The molecule has 9 heteroatoms. The Morgan fingerprint density at radius 3 is 2.93 bits per heavy atom. The van der Waals surface area contributed by atoms with E-state index < -0.39 is 13.0 Å². The number of rotatable bonds is 6. The van der Waals surface area contributed by atoms with E-state index in [1.54, 1.807) is 53.3 Å². The van der Waals surface area contributed by atoms with Gasteiger partial charge in [0, 0.05) is 36.2 Å². The SMILES string of the molecule is CN=C(NCC(F)F)c1ccc(Cl)cc1N(C=O)c1ccc2nccn2c1. The molecule has 27 heavy (non-hydrogen) atoms. The Hall–Kier alpha value is -3.00. The molecule has 0 aliphatic heterocycles. The fourth-order valence-electron chi connectivity index (χ4n) is 2.68. The fraction of sp³-hybridized carbons (Fsp3) is 0.167. The molecule has 0 bridgehead atoms. The normalized spacial score (nSPS) is 11.8. The smallest absolute Gasteiger partial charge is 0.255 e. The number of fused-ring (bicyclic) bond motifs is 1. The van der Waals surface area contributed by atoms with E-state index in [1.165, 1.54) is 11.9 Å². The van der Waals surface area contributed by atoms with Crippen molar-refractivity contribution in [1.82, 2.24) is 14.7 Å². The number of hydrogen-bond acceptors (Lipinski definition) is 3. The van der Waals surface area contributed by atoms with E-state index in [0.29, 0.717) is 28.4 Å². The van der Waals surface area contributed by atoms with Crippen LogP contribution in [0.5, 0.6) is 0 Å². The maximum absolute atomic E-state index is 12.6. The molecular formula is C18H16ClF2N5O. The van der Waals surface area contributed by atoms with Crippen molar-refractivity contribution < 1.29 is 13.6 Å². The summed E-state index contributed by atoms with van der Waals surface area (Å²) in [6.45, 7) is -0.559. The van der Waals surface area contributed by atoms with Crippen molar-refractivity contribution in [2.45, 2.75) is 6.43 Å². The van der Waals surface area contributed by atoms with Gasteiger partial charge >= 0.3 is 0 Å². The lowest BCUT2D eigenvalue weighted by atomic mass is 10.1. The standard InChI is InChI=1S/C18H16ClF2N5O/c1-22-18(24-9-16(20)21)14-4-2-12(19)8-15(14)26(11-27)13-3-5-17-23-6-7-25(17)10-13/h2-8,10-11,16H,9H2,1H3,(H,22,24). The summed E-state index contributed by atoms with van der Waals surface area (Å²) in [6, 6.07) is 8.32. The minimum Gasteiger partial charge on any atom is -0.364 e. The molecule has 1 aromatic carbocycles. The third kappa shape index (κ3) is 4.06. The van der Waals surface area contributed by atoms with Crippen molar-refractivity contribution in [2.75, 3.05) is 18.5 Å². The summed E-state index contributed by atoms with van der Waals surface area (Å²) in [5, 5.41) is 3.00. The summed E-state index contributed by atoms with van der Waals surface area (Å²) in [7, 11) is 1.48. The first kappa shape index (κ1) is 18.8. The highest BCUT2D eigenvalue weighted by molar-refractivity contribution is 6.31. The molecule has 2 aromatic heterocycles. The Morgan fingerprint density at radius 2 is 2.22 bits per heavy atom. The minimum atomic E-state index is -2.54. The molecular weight excluding hydrogens is 376 g/mol. The third-order valence-corrected chi connectivity index (χ3v) is 4.11. The Labute approximate surface area is 159 Å². The maximum atomic E-state index is 12.6. The molecule has 140 valence electrons. The molecule has 1 amide bonds. The molecule has 0 fully saturated rings. The number of nitrogens with zero attached hydrogens (tertiary/aromatic N) is 4. The molecule has 2 heterocycles. The van der Waals surface area contributed by atoms with Gasteiger partial charge in [0.25, 0.3) is 6.43 Å². The summed E-state index contributed by atoms with van der Waals surface area (Å²) in [4.78, 5) is 21.5. The van der Waals surface area contributed by atoms with E-state index in [9.17, 15) is 13.6 Å².